The summed E-state index contributed by atoms with van der Waals surface area (Å²) in [7, 11) is -3.71. The molecule has 0 aromatic heterocycles. The summed E-state index contributed by atoms with van der Waals surface area (Å²) in [6, 6.07) is 4.55. The zero-order chi connectivity index (χ0) is 14.1. The maximum atomic E-state index is 12.4. The van der Waals surface area contributed by atoms with Crippen molar-refractivity contribution in [2.24, 2.45) is 5.73 Å². The largest absolute Gasteiger partial charge is 0.329 e. The van der Waals surface area contributed by atoms with Gasteiger partial charge in [-0.2, -0.15) is 0 Å². The molecule has 3 N–H and O–H groups in total. The van der Waals surface area contributed by atoms with Gasteiger partial charge in [-0.3, -0.25) is 0 Å². The summed E-state index contributed by atoms with van der Waals surface area (Å²) in [5, 5.41) is 0.264. The van der Waals surface area contributed by atoms with Gasteiger partial charge in [-0.25, -0.2) is 13.1 Å². The Kier molecular flexibility index (Phi) is 4.42. The molecule has 1 saturated carbocycles. The first-order chi connectivity index (χ1) is 8.90. The van der Waals surface area contributed by atoms with Crippen LogP contribution in [0.2, 0.25) is 10.0 Å². The quantitative estimate of drug-likeness (QED) is 0.894. The molecule has 0 radical (unpaired) electrons. The molecule has 0 amide bonds. The van der Waals surface area contributed by atoms with Crippen LogP contribution in [0.1, 0.15) is 25.7 Å². The number of nitrogens with one attached hydrogen (secondary N) is 1. The van der Waals surface area contributed by atoms with Gasteiger partial charge in [0.15, 0.2) is 0 Å². The molecule has 7 heteroatoms. The Morgan fingerprint density at radius 3 is 2.47 bits per heavy atom. The number of rotatable bonds is 4. The SMILES string of the molecule is NCC1(NS(=O)(=O)c2cccc(Cl)c2Cl)CCCC1. The summed E-state index contributed by atoms with van der Waals surface area (Å²) in [6.07, 6.45) is 3.45. The molecule has 0 unspecified atom stereocenters. The van der Waals surface area contributed by atoms with E-state index in [1.165, 1.54) is 6.07 Å². The molecule has 4 nitrogen and oxygen atoms in total. The Balaban J connectivity index is 2.35. The highest BCUT2D eigenvalue weighted by Crippen LogP contribution is 2.33. The van der Waals surface area contributed by atoms with Crippen molar-refractivity contribution < 1.29 is 8.42 Å². The van der Waals surface area contributed by atoms with Crippen molar-refractivity contribution in [3.8, 4) is 0 Å². The summed E-state index contributed by atoms with van der Waals surface area (Å²) in [5.41, 5.74) is 5.18. The summed E-state index contributed by atoms with van der Waals surface area (Å²) in [4.78, 5) is 0.00129. The number of nitrogens with two attached hydrogens (primary N) is 1. The minimum atomic E-state index is -3.71. The third-order valence-corrected chi connectivity index (χ3v) is 6.06. The lowest BCUT2D eigenvalue weighted by Crippen LogP contribution is -2.51. The van der Waals surface area contributed by atoms with Crippen LogP contribution in [0.15, 0.2) is 23.1 Å². The predicted octanol–water partition coefficient (Wildman–Crippen LogP) is 2.54. The van der Waals surface area contributed by atoms with Crippen molar-refractivity contribution in [3.63, 3.8) is 0 Å². The first-order valence-corrected chi connectivity index (χ1v) is 8.32. The lowest BCUT2D eigenvalue weighted by Gasteiger charge is -2.28. The van der Waals surface area contributed by atoms with Crippen LogP contribution in [0.25, 0.3) is 0 Å². The fourth-order valence-corrected chi connectivity index (χ4v) is 4.66. The van der Waals surface area contributed by atoms with E-state index >= 15 is 0 Å². The van der Waals surface area contributed by atoms with E-state index in [0.717, 1.165) is 25.7 Å². The minimum Gasteiger partial charge on any atom is -0.329 e. The molecule has 0 aliphatic heterocycles. The monoisotopic (exact) mass is 322 g/mol. The van der Waals surface area contributed by atoms with Crippen LogP contribution in [-0.4, -0.2) is 20.5 Å². The van der Waals surface area contributed by atoms with Gasteiger partial charge < -0.3 is 5.73 Å². The second kappa shape index (κ2) is 5.58. The third kappa shape index (κ3) is 3.06. The molecule has 1 aromatic carbocycles. The zero-order valence-corrected chi connectivity index (χ0v) is 12.7. The Hall–Kier alpha value is -0.330. The van der Waals surface area contributed by atoms with Gasteiger partial charge in [-0.1, -0.05) is 42.1 Å². The standard InChI is InChI=1S/C12H16Cl2N2O2S/c13-9-4-3-5-10(11(9)14)19(17,18)16-12(8-15)6-1-2-7-12/h3-5,16H,1-2,6-8,15H2. The second-order valence-electron chi connectivity index (χ2n) is 4.85. The molecule has 0 saturated heterocycles. The molecule has 0 atom stereocenters. The molecule has 0 bridgehead atoms. The topological polar surface area (TPSA) is 72.2 Å². The van der Waals surface area contributed by atoms with Crippen LogP contribution in [-0.2, 0) is 10.0 Å². The van der Waals surface area contributed by atoms with Crippen molar-refractivity contribution in [2.75, 3.05) is 6.54 Å². The first kappa shape index (κ1) is 15.1. The molecule has 19 heavy (non-hydrogen) atoms. The van der Waals surface area contributed by atoms with Crippen molar-refractivity contribution in [1.82, 2.24) is 4.72 Å². The van der Waals surface area contributed by atoms with Gasteiger partial charge in [0.05, 0.1) is 10.0 Å². The van der Waals surface area contributed by atoms with E-state index in [4.69, 9.17) is 28.9 Å². The molecule has 106 valence electrons. The summed E-state index contributed by atoms with van der Waals surface area (Å²) in [5.74, 6) is 0. The van der Waals surface area contributed by atoms with Crippen LogP contribution in [0.4, 0.5) is 0 Å². The summed E-state index contributed by atoms with van der Waals surface area (Å²) >= 11 is 11.8. The average molecular weight is 323 g/mol. The second-order valence-corrected chi connectivity index (χ2v) is 7.29. The molecule has 1 aromatic rings. The van der Waals surface area contributed by atoms with Gasteiger partial charge in [0.2, 0.25) is 10.0 Å². The van der Waals surface area contributed by atoms with E-state index < -0.39 is 15.6 Å². The number of halogens is 2. The van der Waals surface area contributed by atoms with Crippen LogP contribution >= 0.6 is 23.2 Å². The van der Waals surface area contributed by atoms with Gasteiger partial charge in [0, 0.05) is 12.1 Å². The molecule has 1 aliphatic carbocycles. The van der Waals surface area contributed by atoms with E-state index in [2.05, 4.69) is 4.72 Å². The Morgan fingerprint density at radius 1 is 1.26 bits per heavy atom. The maximum absolute atomic E-state index is 12.4. The third-order valence-electron chi connectivity index (χ3n) is 3.51. The normalized spacial score (nSPS) is 18.7. The van der Waals surface area contributed by atoms with E-state index in [1.54, 1.807) is 12.1 Å². The highest BCUT2D eigenvalue weighted by atomic mass is 35.5. The number of hydrogen-bond donors (Lipinski definition) is 2. The summed E-state index contributed by atoms with van der Waals surface area (Å²) in [6.45, 7) is 0.282. The smallest absolute Gasteiger partial charge is 0.242 e. The van der Waals surface area contributed by atoms with Gasteiger partial charge >= 0.3 is 0 Å². The molecule has 2 rings (SSSR count). The highest BCUT2D eigenvalue weighted by Gasteiger charge is 2.37. The fourth-order valence-electron chi connectivity index (χ4n) is 2.43. The fraction of sp³-hybridized carbons (Fsp3) is 0.500. The van der Waals surface area contributed by atoms with Crippen LogP contribution < -0.4 is 10.5 Å². The van der Waals surface area contributed by atoms with Gasteiger partial charge in [0.25, 0.3) is 0 Å². The molecule has 1 fully saturated rings. The van der Waals surface area contributed by atoms with Crippen molar-refractivity contribution in [1.29, 1.82) is 0 Å². The van der Waals surface area contributed by atoms with Crippen molar-refractivity contribution >= 4 is 33.2 Å². The zero-order valence-electron chi connectivity index (χ0n) is 10.3. The van der Waals surface area contributed by atoms with Gasteiger partial charge in [0.1, 0.15) is 4.90 Å². The number of benzene rings is 1. The van der Waals surface area contributed by atoms with E-state index in [1.807, 2.05) is 0 Å². The van der Waals surface area contributed by atoms with Crippen LogP contribution in [0, 0.1) is 0 Å². The first-order valence-electron chi connectivity index (χ1n) is 6.08. The van der Waals surface area contributed by atoms with Crippen molar-refractivity contribution in [2.45, 2.75) is 36.1 Å². The van der Waals surface area contributed by atoms with Gasteiger partial charge in [-0.15, -0.1) is 0 Å². The minimum absolute atomic E-state index is 0.00129. The molecule has 0 heterocycles. The predicted molar refractivity (Wildman–Crippen MR) is 77.0 cm³/mol. The average Bonchev–Trinajstić information content (AvgIpc) is 2.81. The Bertz CT molecular complexity index is 569. The molecule has 0 spiro atoms. The van der Waals surface area contributed by atoms with Gasteiger partial charge in [-0.05, 0) is 25.0 Å². The van der Waals surface area contributed by atoms with Crippen LogP contribution in [0.3, 0.4) is 0 Å². The number of sulfonamides is 1. The van der Waals surface area contributed by atoms with Crippen molar-refractivity contribution in [3.05, 3.63) is 28.2 Å². The van der Waals surface area contributed by atoms with E-state index in [0.29, 0.717) is 0 Å². The molecular weight excluding hydrogens is 307 g/mol. The molecular formula is C12H16Cl2N2O2S. The highest BCUT2D eigenvalue weighted by molar-refractivity contribution is 7.89. The maximum Gasteiger partial charge on any atom is 0.242 e. The molecule has 1 aliphatic rings. The van der Waals surface area contributed by atoms with E-state index in [9.17, 15) is 8.42 Å². The van der Waals surface area contributed by atoms with E-state index in [-0.39, 0.29) is 21.5 Å². The lowest BCUT2D eigenvalue weighted by molar-refractivity contribution is 0.399. The summed E-state index contributed by atoms with van der Waals surface area (Å²) < 4.78 is 27.5. The lowest BCUT2D eigenvalue weighted by atomic mass is 10.0. The Morgan fingerprint density at radius 2 is 1.89 bits per heavy atom. The Labute approximate surface area is 123 Å². The number of hydrogen-bond acceptors (Lipinski definition) is 3. The van der Waals surface area contributed by atoms with Crippen LogP contribution in [0.5, 0.6) is 0 Å².